The van der Waals surface area contributed by atoms with Crippen LogP contribution in [0.4, 0.5) is 0 Å². The van der Waals surface area contributed by atoms with Gasteiger partial charge in [0.15, 0.2) is 0 Å². The standard InChI is InChI=1S/C22H30N4O3S/c1-17-5-4-8-25(15-17)21(27)16-24-9-11-26(12-10-24)30(28,29)20-7-3-6-19-13-18(2)14-23-22(19)20/h3,6-7,13-14,17H,4-5,8-12,15-16H2,1-2H3. The molecule has 0 spiro atoms. The molecule has 3 heterocycles. The number of nitrogens with zero attached hydrogens (tertiary/aromatic N) is 4. The molecular formula is C22H30N4O3S. The van der Waals surface area contributed by atoms with E-state index in [1.807, 2.05) is 24.0 Å². The molecule has 4 rings (SSSR count). The Bertz CT molecular complexity index is 1030. The number of rotatable bonds is 4. The van der Waals surface area contributed by atoms with Gasteiger partial charge in [-0.05, 0) is 43.4 Å². The van der Waals surface area contributed by atoms with Crippen molar-refractivity contribution in [3.05, 3.63) is 36.0 Å². The maximum atomic E-state index is 13.3. The number of amides is 1. The lowest BCUT2D eigenvalue weighted by Gasteiger charge is -2.36. The Morgan fingerprint density at radius 1 is 1.17 bits per heavy atom. The summed E-state index contributed by atoms with van der Waals surface area (Å²) in [5.41, 5.74) is 1.51. The zero-order valence-corrected chi connectivity index (χ0v) is 18.6. The molecule has 1 atom stereocenters. The molecular weight excluding hydrogens is 400 g/mol. The molecule has 1 amide bonds. The quantitative estimate of drug-likeness (QED) is 0.743. The van der Waals surface area contributed by atoms with Crippen molar-refractivity contribution in [1.29, 1.82) is 0 Å². The van der Waals surface area contributed by atoms with E-state index in [2.05, 4.69) is 16.8 Å². The van der Waals surface area contributed by atoms with Crippen LogP contribution in [0.1, 0.15) is 25.3 Å². The second kappa shape index (κ2) is 8.61. The third kappa shape index (κ3) is 4.36. The van der Waals surface area contributed by atoms with Crippen molar-refractivity contribution in [3.8, 4) is 0 Å². The van der Waals surface area contributed by atoms with Crippen molar-refractivity contribution in [1.82, 2.24) is 19.1 Å². The van der Waals surface area contributed by atoms with Gasteiger partial charge in [-0.1, -0.05) is 19.1 Å². The molecule has 8 heteroatoms. The maximum absolute atomic E-state index is 13.3. The summed E-state index contributed by atoms with van der Waals surface area (Å²) in [4.78, 5) is 21.3. The molecule has 2 aromatic rings. The van der Waals surface area contributed by atoms with Gasteiger partial charge in [0.05, 0.1) is 12.1 Å². The van der Waals surface area contributed by atoms with Gasteiger partial charge in [0.1, 0.15) is 4.90 Å². The SMILES string of the molecule is Cc1cnc2c(S(=O)(=O)N3CCN(CC(=O)N4CCCC(C)C4)CC3)cccc2c1. The second-order valence-electron chi connectivity index (χ2n) is 8.61. The predicted molar refractivity (Wildman–Crippen MR) is 117 cm³/mol. The molecule has 0 bridgehead atoms. The monoisotopic (exact) mass is 430 g/mol. The number of pyridine rings is 1. The molecule has 1 aromatic carbocycles. The molecule has 7 nitrogen and oxygen atoms in total. The fourth-order valence-corrected chi connectivity index (χ4v) is 6.01. The number of sulfonamides is 1. The average molecular weight is 431 g/mol. The van der Waals surface area contributed by atoms with Crippen molar-refractivity contribution < 1.29 is 13.2 Å². The third-order valence-electron chi connectivity index (χ3n) is 6.13. The van der Waals surface area contributed by atoms with Crippen LogP contribution in [0.2, 0.25) is 0 Å². The number of aromatic nitrogens is 1. The van der Waals surface area contributed by atoms with Gasteiger partial charge < -0.3 is 4.90 Å². The summed E-state index contributed by atoms with van der Waals surface area (Å²) in [5.74, 6) is 0.717. The number of para-hydroxylation sites is 1. The number of piperidine rings is 1. The van der Waals surface area contributed by atoms with Gasteiger partial charge in [0.25, 0.3) is 0 Å². The van der Waals surface area contributed by atoms with Crippen molar-refractivity contribution in [2.24, 2.45) is 5.92 Å². The summed E-state index contributed by atoms with van der Waals surface area (Å²) in [6.07, 6.45) is 3.95. The first-order chi connectivity index (χ1) is 14.3. The number of fused-ring (bicyclic) bond motifs is 1. The summed E-state index contributed by atoms with van der Waals surface area (Å²) < 4.78 is 28.1. The highest BCUT2D eigenvalue weighted by Gasteiger charge is 2.31. The van der Waals surface area contributed by atoms with Crippen LogP contribution in [0.5, 0.6) is 0 Å². The number of carbonyl (C=O) groups excluding carboxylic acids is 1. The predicted octanol–water partition coefficient (Wildman–Crippen LogP) is 2.11. The molecule has 0 N–H and O–H groups in total. The second-order valence-corrected chi connectivity index (χ2v) is 10.5. The molecule has 0 aliphatic carbocycles. The smallest absolute Gasteiger partial charge is 0.245 e. The highest BCUT2D eigenvalue weighted by Crippen LogP contribution is 2.25. The Balaban J connectivity index is 1.42. The summed E-state index contributed by atoms with van der Waals surface area (Å²) in [6.45, 7) is 8.06. The molecule has 0 saturated carbocycles. The first-order valence-corrected chi connectivity index (χ1v) is 12.1. The normalized spacial score (nSPS) is 21.8. The van der Waals surface area contributed by atoms with Crippen LogP contribution in [0.3, 0.4) is 0 Å². The molecule has 2 fully saturated rings. The molecule has 0 radical (unpaired) electrons. The Labute approximate surface area is 178 Å². The Morgan fingerprint density at radius 3 is 2.67 bits per heavy atom. The first-order valence-electron chi connectivity index (χ1n) is 10.7. The van der Waals surface area contributed by atoms with E-state index in [-0.39, 0.29) is 10.8 Å². The number of aryl methyl sites for hydroxylation is 1. The zero-order chi connectivity index (χ0) is 21.3. The zero-order valence-electron chi connectivity index (χ0n) is 17.7. The lowest BCUT2D eigenvalue weighted by Crippen LogP contribution is -2.52. The lowest BCUT2D eigenvalue weighted by atomic mass is 10.0. The minimum absolute atomic E-state index is 0.159. The molecule has 2 saturated heterocycles. The molecule has 2 aliphatic rings. The lowest BCUT2D eigenvalue weighted by molar-refractivity contribution is -0.134. The van der Waals surface area contributed by atoms with E-state index in [9.17, 15) is 13.2 Å². The Hall–Kier alpha value is -2.03. The molecule has 1 aromatic heterocycles. The topological polar surface area (TPSA) is 73.8 Å². The van der Waals surface area contributed by atoms with Gasteiger partial charge in [0.2, 0.25) is 15.9 Å². The summed E-state index contributed by atoms with van der Waals surface area (Å²) in [5, 5.41) is 0.830. The first kappa shape index (κ1) is 21.2. The summed E-state index contributed by atoms with van der Waals surface area (Å²) in [7, 11) is -3.63. The Kier molecular flexibility index (Phi) is 6.09. The van der Waals surface area contributed by atoms with Gasteiger partial charge in [-0.15, -0.1) is 0 Å². The maximum Gasteiger partial charge on any atom is 0.245 e. The van der Waals surface area contributed by atoms with Crippen molar-refractivity contribution >= 4 is 26.8 Å². The van der Waals surface area contributed by atoms with Crippen LogP contribution in [0.15, 0.2) is 35.4 Å². The van der Waals surface area contributed by atoms with E-state index >= 15 is 0 Å². The van der Waals surface area contributed by atoms with Crippen LogP contribution in [-0.4, -0.2) is 79.2 Å². The van der Waals surface area contributed by atoms with Crippen LogP contribution in [-0.2, 0) is 14.8 Å². The summed E-state index contributed by atoms with van der Waals surface area (Å²) in [6, 6.07) is 7.24. The van der Waals surface area contributed by atoms with E-state index in [1.165, 1.54) is 10.7 Å². The van der Waals surface area contributed by atoms with Crippen LogP contribution < -0.4 is 0 Å². The third-order valence-corrected chi connectivity index (χ3v) is 8.06. The van der Waals surface area contributed by atoms with Gasteiger partial charge >= 0.3 is 0 Å². The highest BCUT2D eigenvalue weighted by molar-refractivity contribution is 7.89. The van der Waals surface area contributed by atoms with E-state index in [0.717, 1.165) is 30.5 Å². The molecule has 162 valence electrons. The molecule has 30 heavy (non-hydrogen) atoms. The van der Waals surface area contributed by atoms with E-state index in [4.69, 9.17) is 0 Å². The van der Waals surface area contributed by atoms with E-state index < -0.39 is 10.0 Å². The number of piperazine rings is 1. The van der Waals surface area contributed by atoms with Gasteiger partial charge in [-0.2, -0.15) is 4.31 Å². The number of likely N-dealkylation sites (tertiary alicyclic amines) is 1. The fraction of sp³-hybridized carbons (Fsp3) is 0.545. The number of hydrogen-bond donors (Lipinski definition) is 0. The van der Waals surface area contributed by atoms with E-state index in [0.29, 0.717) is 44.2 Å². The van der Waals surface area contributed by atoms with Crippen molar-refractivity contribution in [3.63, 3.8) is 0 Å². The number of benzene rings is 1. The van der Waals surface area contributed by atoms with Crippen LogP contribution >= 0.6 is 0 Å². The van der Waals surface area contributed by atoms with Gasteiger partial charge in [-0.3, -0.25) is 14.7 Å². The number of hydrogen-bond acceptors (Lipinski definition) is 5. The van der Waals surface area contributed by atoms with Gasteiger partial charge in [0, 0.05) is 50.9 Å². The molecule has 1 unspecified atom stereocenters. The van der Waals surface area contributed by atoms with Gasteiger partial charge in [-0.25, -0.2) is 8.42 Å². The fourth-order valence-electron chi connectivity index (χ4n) is 4.43. The summed E-state index contributed by atoms with van der Waals surface area (Å²) >= 11 is 0. The van der Waals surface area contributed by atoms with Crippen molar-refractivity contribution in [2.75, 3.05) is 45.8 Å². The minimum atomic E-state index is -3.63. The van der Waals surface area contributed by atoms with Crippen molar-refractivity contribution in [2.45, 2.75) is 31.6 Å². The minimum Gasteiger partial charge on any atom is -0.341 e. The molecule has 2 aliphatic heterocycles. The van der Waals surface area contributed by atoms with E-state index in [1.54, 1.807) is 18.3 Å². The average Bonchev–Trinajstić information content (AvgIpc) is 2.73. The largest absolute Gasteiger partial charge is 0.341 e. The Morgan fingerprint density at radius 2 is 1.93 bits per heavy atom. The highest BCUT2D eigenvalue weighted by atomic mass is 32.2. The van der Waals surface area contributed by atoms with Crippen LogP contribution in [0, 0.1) is 12.8 Å². The van der Waals surface area contributed by atoms with Crippen LogP contribution in [0.25, 0.3) is 10.9 Å². The number of carbonyl (C=O) groups is 1.